The van der Waals surface area contributed by atoms with Crippen molar-refractivity contribution in [2.24, 2.45) is 5.92 Å². The molecule has 1 saturated carbocycles. The highest BCUT2D eigenvalue weighted by molar-refractivity contribution is 5.94. The minimum Gasteiger partial charge on any atom is -0.379 e. The topological polar surface area (TPSA) is 62.4 Å². The van der Waals surface area contributed by atoms with E-state index < -0.39 is 0 Å². The van der Waals surface area contributed by atoms with Gasteiger partial charge in [-0.2, -0.15) is 0 Å². The molecule has 2 aliphatic rings. The lowest BCUT2D eigenvalue weighted by Crippen LogP contribution is -2.50. The van der Waals surface area contributed by atoms with Gasteiger partial charge in [-0.1, -0.05) is 18.6 Å². The number of carbonyl (C=O) groups excluding carboxylic acids is 1. The van der Waals surface area contributed by atoms with Crippen LogP contribution in [0.4, 0.5) is 0 Å². The molecule has 0 bridgehead atoms. The first-order valence-electron chi connectivity index (χ1n) is 9.19. The summed E-state index contributed by atoms with van der Waals surface area (Å²) in [6, 6.07) is 8.91. The predicted octanol–water partition coefficient (Wildman–Crippen LogP) is 1.68. The summed E-state index contributed by atoms with van der Waals surface area (Å²) < 4.78 is 5.64. The second kappa shape index (κ2) is 8.60. The first-order valence-corrected chi connectivity index (χ1v) is 9.19. The Balaban J connectivity index is 1.56. The van der Waals surface area contributed by atoms with Gasteiger partial charge in [0, 0.05) is 37.3 Å². The Labute approximate surface area is 144 Å². The van der Waals surface area contributed by atoms with E-state index in [-0.39, 0.29) is 5.91 Å². The maximum atomic E-state index is 12.0. The summed E-state index contributed by atoms with van der Waals surface area (Å²) in [4.78, 5) is 12.0. The first kappa shape index (κ1) is 17.4. The van der Waals surface area contributed by atoms with Gasteiger partial charge in [0.25, 0.3) is 5.91 Å². The zero-order valence-corrected chi connectivity index (χ0v) is 14.5. The highest BCUT2D eigenvalue weighted by Crippen LogP contribution is 2.29. The second-order valence-electron chi connectivity index (χ2n) is 6.78. The number of rotatable bonds is 6. The van der Waals surface area contributed by atoms with E-state index in [1.165, 1.54) is 19.3 Å². The fraction of sp³-hybridized carbons (Fsp3) is 0.632. The molecule has 5 heteroatoms. The maximum absolute atomic E-state index is 12.0. The van der Waals surface area contributed by atoms with Gasteiger partial charge in [-0.25, -0.2) is 0 Å². The van der Waals surface area contributed by atoms with Gasteiger partial charge in [-0.05, 0) is 43.4 Å². The average Bonchev–Trinajstić information content (AvgIpc) is 3.10. The Morgan fingerprint density at radius 1 is 1.38 bits per heavy atom. The number of hydrogen-bond acceptors (Lipinski definition) is 4. The van der Waals surface area contributed by atoms with Gasteiger partial charge in [0.15, 0.2) is 0 Å². The van der Waals surface area contributed by atoms with Crippen molar-refractivity contribution < 1.29 is 9.53 Å². The van der Waals surface area contributed by atoms with Crippen molar-refractivity contribution in [3.8, 4) is 0 Å². The number of morpholine rings is 1. The van der Waals surface area contributed by atoms with E-state index in [4.69, 9.17) is 4.74 Å². The van der Waals surface area contributed by atoms with Crippen LogP contribution in [0.2, 0.25) is 0 Å². The Morgan fingerprint density at radius 2 is 2.29 bits per heavy atom. The average molecular weight is 331 g/mol. The fourth-order valence-electron chi connectivity index (χ4n) is 3.92. The van der Waals surface area contributed by atoms with Crippen LogP contribution < -0.4 is 16.0 Å². The van der Waals surface area contributed by atoms with Gasteiger partial charge >= 0.3 is 0 Å². The molecule has 1 aromatic rings. The third kappa shape index (κ3) is 4.35. The molecular weight excluding hydrogens is 302 g/mol. The quantitative estimate of drug-likeness (QED) is 0.742. The largest absolute Gasteiger partial charge is 0.379 e. The highest BCUT2D eigenvalue weighted by Gasteiger charge is 2.34. The van der Waals surface area contributed by atoms with Crippen LogP contribution in [0.3, 0.4) is 0 Å². The first-order chi connectivity index (χ1) is 11.8. The van der Waals surface area contributed by atoms with Gasteiger partial charge in [0.2, 0.25) is 0 Å². The predicted molar refractivity (Wildman–Crippen MR) is 95.0 cm³/mol. The van der Waals surface area contributed by atoms with E-state index in [0.29, 0.717) is 24.5 Å². The Kier molecular flexibility index (Phi) is 6.24. The molecular formula is C19H29N3O2. The molecule has 3 rings (SSSR count). The number of amides is 1. The van der Waals surface area contributed by atoms with E-state index in [1.54, 1.807) is 0 Å². The molecule has 5 nitrogen and oxygen atoms in total. The highest BCUT2D eigenvalue weighted by atomic mass is 16.5. The molecule has 1 aromatic carbocycles. The summed E-state index contributed by atoms with van der Waals surface area (Å²) in [5.41, 5.74) is 1.90. The zero-order chi connectivity index (χ0) is 16.8. The monoisotopic (exact) mass is 331 g/mol. The SMILES string of the molecule is CCNC(=O)c1cccc(CNC2CCCC2C2COCCN2)c1. The normalized spacial score (nSPS) is 27.1. The van der Waals surface area contributed by atoms with Gasteiger partial charge in [0.05, 0.1) is 13.2 Å². The molecule has 3 atom stereocenters. The van der Waals surface area contributed by atoms with Crippen molar-refractivity contribution in [2.75, 3.05) is 26.3 Å². The molecule has 0 spiro atoms. The Hall–Kier alpha value is -1.43. The van der Waals surface area contributed by atoms with E-state index in [1.807, 2.05) is 25.1 Å². The van der Waals surface area contributed by atoms with Crippen molar-refractivity contribution in [2.45, 2.75) is 44.8 Å². The summed E-state index contributed by atoms with van der Waals surface area (Å²) in [6.45, 7) is 6.02. The van der Waals surface area contributed by atoms with Crippen molar-refractivity contribution in [3.63, 3.8) is 0 Å². The van der Waals surface area contributed by atoms with Gasteiger partial charge < -0.3 is 20.7 Å². The lowest BCUT2D eigenvalue weighted by molar-refractivity contribution is 0.0524. The number of hydrogen-bond donors (Lipinski definition) is 3. The molecule has 1 aliphatic carbocycles. The maximum Gasteiger partial charge on any atom is 0.251 e. The van der Waals surface area contributed by atoms with E-state index in [9.17, 15) is 4.79 Å². The summed E-state index contributed by atoms with van der Waals surface area (Å²) in [6.07, 6.45) is 3.76. The molecule has 2 fully saturated rings. The van der Waals surface area contributed by atoms with E-state index in [0.717, 1.165) is 37.4 Å². The second-order valence-corrected chi connectivity index (χ2v) is 6.78. The van der Waals surface area contributed by atoms with Crippen LogP contribution in [0, 0.1) is 5.92 Å². The number of nitrogens with one attached hydrogen (secondary N) is 3. The minimum atomic E-state index is 0.00153. The lowest BCUT2D eigenvalue weighted by atomic mass is 9.94. The molecule has 1 amide bonds. The molecule has 1 saturated heterocycles. The third-order valence-corrected chi connectivity index (χ3v) is 5.13. The summed E-state index contributed by atoms with van der Waals surface area (Å²) in [5.74, 6) is 0.638. The molecule has 132 valence electrons. The smallest absolute Gasteiger partial charge is 0.251 e. The van der Waals surface area contributed by atoms with Crippen LogP contribution in [-0.2, 0) is 11.3 Å². The Morgan fingerprint density at radius 3 is 3.08 bits per heavy atom. The van der Waals surface area contributed by atoms with Gasteiger partial charge in [-0.15, -0.1) is 0 Å². The van der Waals surface area contributed by atoms with Gasteiger partial charge in [-0.3, -0.25) is 4.79 Å². The van der Waals surface area contributed by atoms with Crippen molar-refractivity contribution in [3.05, 3.63) is 35.4 Å². The van der Waals surface area contributed by atoms with Crippen LogP contribution in [0.25, 0.3) is 0 Å². The standard InChI is InChI=1S/C19H29N3O2/c1-2-20-19(23)15-6-3-5-14(11-15)12-22-17-8-4-7-16(17)18-13-24-10-9-21-18/h3,5-6,11,16-18,21-22H,2,4,7-10,12-13H2,1H3,(H,20,23). The molecule has 24 heavy (non-hydrogen) atoms. The molecule has 3 unspecified atom stereocenters. The van der Waals surface area contributed by atoms with Gasteiger partial charge in [0.1, 0.15) is 0 Å². The van der Waals surface area contributed by atoms with Crippen molar-refractivity contribution >= 4 is 5.91 Å². The summed E-state index contributed by atoms with van der Waals surface area (Å²) >= 11 is 0. The van der Waals surface area contributed by atoms with Crippen LogP contribution in [0.5, 0.6) is 0 Å². The summed E-state index contributed by atoms with van der Waals surface area (Å²) in [5, 5.41) is 10.2. The van der Waals surface area contributed by atoms with Crippen molar-refractivity contribution in [1.82, 2.24) is 16.0 Å². The third-order valence-electron chi connectivity index (χ3n) is 5.13. The molecule has 0 aromatic heterocycles. The Bertz CT molecular complexity index is 543. The fourth-order valence-corrected chi connectivity index (χ4v) is 3.92. The lowest BCUT2D eigenvalue weighted by Gasteiger charge is -2.33. The van der Waals surface area contributed by atoms with Crippen molar-refractivity contribution in [1.29, 1.82) is 0 Å². The van der Waals surface area contributed by atoms with Crippen LogP contribution in [-0.4, -0.2) is 44.3 Å². The van der Waals surface area contributed by atoms with E-state index >= 15 is 0 Å². The minimum absolute atomic E-state index is 0.00153. The molecule has 3 N–H and O–H groups in total. The number of carbonyl (C=O) groups is 1. The summed E-state index contributed by atoms with van der Waals surface area (Å²) in [7, 11) is 0. The zero-order valence-electron chi connectivity index (χ0n) is 14.5. The van der Waals surface area contributed by atoms with Crippen LogP contribution in [0.1, 0.15) is 42.1 Å². The molecule has 1 heterocycles. The van der Waals surface area contributed by atoms with Crippen LogP contribution >= 0.6 is 0 Å². The molecule has 0 radical (unpaired) electrons. The number of ether oxygens (including phenoxy) is 1. The number of benzene rings is 1. The molecule has 1 aliphatic heterocycles. The van der Waals surface area contributed by atoms with E-state index in [2.05, 4.69) is 22.0 Å². The van der Waals surface area contributed by atoms with Crippen LogP contribution in [0.15, 0.2) is 24.3 Å².